The summed E-state index contributed by atoms with van der Waals surface area (Å²) in [7, 11) is 0. The van der Waals surface area contributed by atoms with Crippen molar-refractivity contribution in [1.29, 1.82) is 0 Å². The molecule has 1 aromatic heterocycles. The van der Waals surface area contributed by atoms with Crippen LogP contribution in [0.15, 0.2) is 72.8 Å². The molecular formula is C24H21FN4O2. The minimum atomic E-state index is -0.594. The standard InChI is InChI=1S/C24H21FN4O2/c1-3-31-19-14-12-18(13-15-19)29-23(17-10-8-16(2)9-11-17)27-22(28-29)24(30)26-21-7-5-4-6-20(21)25/h4-15H,3H2,1-2H3,(H,26,30). The molecule has 6 nitrogen and oxygen atoms in total. The zero-order valence-corrected chi connectivity index (χ0v) is 17.2. The van der Waals surface area contributed by atoms with Gasteiger partial charge in [-0.15, -0.1) is 5.10 Å². The van der Waals surface area contributed by atoms with Gasteiger partial charge in [0.25, 0.3) is 5.91 Å². The number of anilines is 1. The molecule has 1 N–H and O–H groups in total. The molecule has 0 atom stereocenters. The van der Waals surface area contributed by atoms with Crippen molar-refractivity contribution >= 4 is 11.6 Å². The van der Waals surface area contributed by atoms with E-state index in [2.05, 4.69) is 15.4 Å². The van der Waals surface area contributed by atoms with Crippen LogP contribution in [-0.4, -0.2) is 27.3 Å². The van der Waals surface area contributed by atoms with E-state index in [0.29, 0.717) is 12.4 Å². The predicted octanol–water partition coefficient (Wildman–Crippen LogP) is 5.03. The van der Waals surface area contributed by atoms with Gasteiger partial charge in [-0.3, -0.25) is 4.79 Å². The van der Waals surface area contributed by atoms with Crippen LogP contribution < -0.4 is 10.1 Å². The second kappa shape index (κ2) is 8.79. The van der Waals surface area contributed by atoms with Crippen LogP contribution in [0.2, 0.25) is 0 Å². The van der Waals surface area contributed by atoms with Crippen molar-refractivity contribution in [2.45, 2.75) is 13.8 Å². The molecule has 0 saturated heterocycles. The van der Waals surface area contributed by atoms with Gasteiger partial charge in [0.15, 0.2) is 5.82 Å². The number of ether oxygens (including phenoxy) is 1. The van der Waals surface area contributed by atoms with E-state index in [1.54, 1.807) is 16.8 Å². The molecule has 0 aliphatic rings. The smallest absolute Gasteiger partial charge is 0.295 e. The van der Waals surface area contributed by atoms with E-state index in [0.717, 1.165) is 22.6 Å². The van der Waals surface area contributed by atoms with Crippen molar-refractivity contribution in [2.75, 3.05) is 11.9 Å². The third-order valence-electron chi connectivity index (χ3n) is 4.63. The highest BCUT2D eigenvalue weighted by Crippen LogP contribution is 2.24. The summed E-state index contributed by atoms with van der Waals surface area (Å²) >= 11 is 0. The fourth-order valence-corrected chi connectivity index (χ4v) is 3.07. The van der Waals surface area contributed by atoms with E-state index < -0.39 is 11.7 Å². The number of benzene rings is 3. The zero-order valence-electron chi connectivity index (χ0n) is 17.2. The Morgan fingerprint density at radius 1 is 1.03 bits per heavy atom. The highest BCUT2D eigenvalue weighted by atomic mass is 19.1. The van der Waals surface area contributed by atoms with Crippen molar-refractivity contribution in [3.8, 4) is 22.8 Å². The molecule has 4 aromatic rings. The predicted molar refractivity (Wildman–Crippen MR) is 117 cm³/mol. The fourth-order valence-electron chi connectivity index (χ4n) is 3.07. The lowest BCUT2D eigenvalue weighted by atomic mass is 10.1. The minimum Gasteiger partial charge on any atom is -0.494 e. The number of aryl methyl sites for hydroxylation is 1. The van der Waals surface area contributed by atoms with Crippen LogP contribution in [0.4, 0.5) is 10.1 Å². The van der Waals surface area contributed by atoms with Crippen LogP contribution in [0, 0.1) is 12.7 Å². The van der Waals surface area contributed by atoms with Gasteiger partial charge in [-0.25, -0.2) is 14.1 Å². The van der Waals surface area contributed by atoms with Crippen LogP contribution in [0.3, 0.4) is 0 Å². The molecule has 0 spiro atoms. The molecule has 1 amide bonds. The van der Waals surface area contributed by atoms with E-state index in [1.807, 2.05) is 62.4 Å². The Morgan fingerprint density at radius 2 is 1.74 bits per heavy atom. The first-order chi connectivity index (χ1) is 15.0. The second-order valence-corrected chi connectivity index (χ2v) is 6.90. The van der Waals surface area contributed by atoms with Gasteiger partial charge < -0.3 is 10.1 Å². The quantitative estimate of drug-likeness (QED) is 0.479. The van der Waals surface area contributed by atoms with Gasteiger partial charge in [0.2, 0.25) is 5.82 Å². The lowest BCUT2D eigenvalue weighted by molar-refractivity contribution is 0.101. The van der Waals surface area contributed by atoms with Crippen molar-refractivity contribution in [2.24, 2.45) is 0 Å². The van der Waals surface area contributed by atoms with Crippen molar-refractivity contribution < 1.29 is 13.9 Å². The minimum absolute atomic E-state index is 0.0623. The fraction of sp³-hybridized carbons (Fsp3) is 0.125. The van der Waals surface area contributed by atoms with Crippen LogP contribution in [0.25, 0.3) is 17.1 Å². The first-order valence-corrected chi connectivity index (χ1v) is 9.88. The van der Waals surface area contributed by atoms with Crippen LogP contribution >= 0.6 is 0 Å². The lowest BCUT2D eigenvalue weighted by Gasteiger charge is -2.08. The van der Waals surface area contributed by atoms with Crippen LogP contribution in [-0.2, 0) is 0 Å². The van der Waals surface area contributed by atoms with Crippen LogP contribution in [0.1, 0.15) is 23.1 Å². The maximum Gasteiger partial charge on any atom is 0.295 e. The summed E-state index contributed by atoms with van der Waals surface area (Å²) < 4.78 is 21.0. The van der Waals surface area contributed by atoms with Gasteiger partial charge in [-0.2, -0.15) is 0 Å². The Labute approximate surface area is 179 Å². The number of amides is 1. The zero-order chi connectivity index (χ0) is 21.8. The van der Waals surface area contributed by atoms with Gasteiger partial charge >= 0.3 is 0 Å². The topological polar surface area (TPSA) is 69.0 Å². The van der Waals surface area contributed by atoms with Gasteiger partial charge in [0.1, 0.15) is 11.6 Å². The number of para-hydroxylation sites is 1. The maximum atomic E-state index is 13.9. The normalized spacial score (nSPS) is 10.7. The molecule has 1 heterocycles. The number of nitrogens with one attached hydrogen (secondary N) is 1. The number of halogens is 1. The summed E-state index contributed by atoms with van der Waals surface area (Å²) in [6.07, 6.45) is 0. The molecule has 0 unspecified atom stereocenters. The second-order valence-electron chi connectivity index (χ2n) is 6.90. The number of carbonyl (C=O) groups is 1. The summed E-state index contributed by atoms with van der Waals surface area (Å²) in [5.74, 6) is 0.0556. The molecule has 0 radical (unpaired) electrons. The first kappa shape index (κ1) is 20.3. The average Bonchev–Trinajstić information content (AvgIpc) is 3.22. The summed E-state index contributed by atoms with van der Waals surface area (Å²) in [6, 6.07) is 21.1. The Balaban J connectivity index is 1.73. The molecule has 0 aliphatic heterocycles. The van der Waals surface area contributed by atoms with Crippen LogP contribution in [0.5, 0.6) is 5.75 Å². The lowest BCUT2D eigenvalue weighted by Crippen LogP contribution is -2.15. The SMILES string of the molecule is CCOc1ccc(-n2nc(C(=O)Nc3ccccc3F)nc2-c2ccc(C)cc2)cc1. The molecule has 0 bridgehead atoms. The molecule has 4 rings (SSSR count). The third-order valence-corrected chi connectivity index (χ3v) is 4.63. The highest BCUT2D eigenvalue weighted by molar-refractivity contribution is 6.01. The third kappa shape index (κ3) is 4.45. The molecule has 0 saturated carbocycles. The van der Waals surface area contributed by atoms with Gasteiger partial charge in [-0.05, 0) is 50.2 Å². The van der Waals surface area contributed by atoms with Gasteiger partial charge in [0.05, 0.1) is 18.0 Å². The molecule has 31 heavy (non-hydrogen) atoms. The number of rotatable bonds is 6. The highest BCUT2D eigenvalue weighted by Gasteiger charge is 2.20. The monoisotopic (exact) mass is 416 g/mol. The van der Waals surface area contributed by atoms with Crippen molar-refractivity contribution in [3.05, 3.63) is 90.0 Å². The molecular weight excluding hydrogens is 395 g/mol. The van der Waals surface area contributed by atoms with E-state index in [4.69, 9.17) is 4.74 Å². The molecule has 0 fully saturated rings. The molecule has 156 valence electrons. The molecule has 7 heteroatoms. The van der Waals surface area contributed by atoms with Crippen molar-refractivity contribution in [1.82, 2.24) is 14.8 Å². The Kier molecular flexibility index (Phi) is 5.75. The van der Waals surface area contributed by atoms with Gasteiger partial charge in [0, 0.05) is 5.56 Å². The number of hydrogen-bond acceptors (Lipinski definition) is 4. The Bertz CT molecular complexity index is 1200. The average molecular weight is 416 g/mol. The first-order valence-electron chi connectivity index (χ1n) is 9.88. The Hall–Kier alpha value is -4.00. The van der Waals surface area contributed by atoms with E-state index in [1.165, 1.54) is 12.1 Å². The van der Waals surface area contributed by atoms with Gasteiger partial charge in [-0.1, -0.05) is 42.0 Å². The summed E-state index contributed by atoms with van der Waals surface area (Å²) in [5, 5.41) is 6.94. The Morgan fingerprint density at radius 3 is 2.42 bits per heavy atom. The molecule has 3 aromatic carbocycles. The number of aromatic nitrogens is 3. The largest absolute Gasteiger partial charge is 0.494 e. The maximum absolute atomic E-state index is 13.9. The number of nitrogens with zero attached hydrogens (tertiary/aromatic N) is 3. The van der Waals surface area contributed by atoms with E-state index in [9.17, 15) is 9.18 Å². The van der Waals surface area contributed by atoms with Crippen molar-refractivity contribution in [3.63, 3.8) is 0 Å². The number of carbonyl (C=O) groups excluding carboxylic acids is 1. The van der Waals surface area contributed by atoms with E-state index in [-0.39, 0.29) is 11.5 Å². The number of hydrogen-bond donors (Lipinski definition) is 1. The summed E-state index contributed by atoms with van der Waals surface area (Å²) in [5.41, 5.74) is 2.70. The molecule has 0 aliphatic carbocycles. The van der Waals surface area contributed by atoms with E-state index >= 15 is 0 Å². The summed E-state index contributed by atoms with van der Waals surface area (Å²) in [6.45, 7) is 4.48. The summed E-state index contributed by atoms with van der Waals surface area (Å²) in [4.78, 5) is 17.2.